The minimum absolute atomic E-state index is 0.121. The van der Waals surface area contributed by atoms with Crippen LogP contribution in [0, 0.1) is 6.92 Å². The van der Waals surface area contributed by atoms with Gasteiger partial charge in [-0.1, -0.05) is 36.4 Å². The molecule has 5 heteroatoms. The minimum atomic E-state index is -0.413. The summed E-state index contributed by atoms with van der Waals surface area (Å²) in [5, 5.41) is 14.7. The van der Waals surface area contributed by atoms with Crippen molar-refractivity contribution in [3.8, 4) is 5.75 Å². The molecule has 0 saturated carbocycles. The number of nitrogens with one attached hydrogen (secondary N) is 1. The molecule has 5 nitrogen and oxygen atoms in total. The molecule has 1 aromatic heterocycles. The van der Waals surface area contributed by atoms with Crippen molar-refractivity contribution in [1.82, 2.24) is 4.57 Å². The van der Waals surface area contributed by atoms with Crippen molar-refractivity contribution in [2.24, 2.45) is 0 Å². The van der Waals surface area contributed by atoms with Crippen LogP contribution in [-0.2, 0) is 11.3 Å². The van der Waals surface area contributed by atoms with Crippen molar-refractivity contribution >= 4 is 22.4 Å². The highest BCUT2D eigenvalue weighted by atomic mass is 16.3. The molecule has 0 bridgehead atoms. The Morgan fingerprint density at radius 1 is 1.12 bits per heavy atom. The standard InChI is InChI=1S/C19H18N2O3/c1-13-19(24)17(22)9-11-21(13)12-10-18(23)20-16-8-4-6-14-5-2-3-7-15(14)16/h2-9,11,24H,10,12H2,1H3,(H,20,23). The van der Waals surface area contributed by atoms with Gasteiger partial charge in [0.2, 0.25) is 11.3 Å². The van der Waals surface area contributed by atoms with Gasteiger partial charge in [-0.3, -0.25) is 9.59 Å². The molecule has 0 aliphatic rings. The third kappa shape index (κ3) is 3.15. The van der Waals surface area contributed by atoms with Gasteiger partial charge in [-0.15, -0.1) is 0 Å². The van der Waals surface area contributed by atoms with E-state index in [4.69, 9.17) is 0 Å². The topological polar surface area (TPSA) is 71.3 Å². The molecule has 0 fully saturated rings. The molecule has 0 aliphatic heterocycles. The van der Waals surface area contributed by atoms with Crippen molar-refractivity contribution in [3.05, 3.63) is 70.6 Å². The van der Waals surface area contributed by atoms with Crippen LogP contribution in [0.5, 0.6) is 5.75 Å². The Morgan fingerprint density at radius 3 is 2.71 bits per heavy atom. The van der Waals surface area contributed by atoms with E-state index >= 15 is 0 Å². The second kappa shape index (κ2) is 6.58. The molecular formula is C19H18N2O3. The molecule has 3 aromatic rings. The zero-order valence-corrected chi connectivity index (χ0v) is 13.3. The van der Waals surface area contributed by atoms with Gasteiger partial charge in [-0.05, 0) is 18.4 Å². The van der Waals surface area contributed by atoms with Crippen molar-refractivity contribution in [1.29, 1.82) is 0 Å². The number of nitrogens with zero attached hydrogens (tertiary/aromatic N) is 1. The number of carbonyl (C=O) groups is 1. The Morgan fingerprint density at radius 2 is 1.88 bits per heavy atom. The summed E-state index contributed by atoms with van der Waals surface area (Å²) in [6, 6.07) is 14.9. The van der Waals surface area contributed by atoms with E-state index in [0.717, 1.165) is 16.5 Å². The van der Waals surface area contributed by atoms with Gasteiger partial charge >= 0.3 is 0 Å². The van der Waals surface area contributed by atoms with Gasteiger partial charge in [0.25, 0.3) is 0 Å². The van der Waals surface area contributed by atoms with E-state index in [-0.39, 0.29) is 18.1 Å². The summed E-state index contributed by atoms with van der Waals surface area (Å²) in [7, 11) is 0. The lowest BCUT2D eigenvalue weighted by Crippen LogP contribution is -2.17. The molecule has 24 heavy (non-hydrogen) atoms. The predicted octanol–water partition coefficient (Wildman–Crippen LogP) is 3.04. The fourth-order valence-corrected chi connectivity index (χ4v) is 2.67. The number of amides is 1. The monoisotopic (exact) mass is 322 g/mol. The molecule has 1 heterocycles. The predicted molar refractivity (Wildman–Crippen MR) is 94.3 cm³/mol. The summed E-state index contributed by atoms with van der Waals surface area (Å²) < 4.78 is 1.69. The third-order valence-electron chi connectivity index (χ3n) is 4.06. The summed E-state index contributed by atoms with van der Waals surface area (Å²) in [5.41, 5.74) is 0.821. The molecule has 122 valence electrons. The summed E-state index contributed by atoms with van der Waals surface area (Å²) >= 11 is 0. The van der Waals surface area contributed by atoms with Gasteiger partial charge in [0.05, 0.1) is 5.69 Å². The first-order valence-corrected chi connectivity index (χ1v) is 7.73. The van der Waals surface area contributed by atoms with Crippen LogP contribution in [0.2, 0.25) is 0 Å². The number of benzene rings is 2. The highest BCUT2D eigenvalue weighted by Gasteiger charge is 2.09. The molecule has 0 atom stereocenters. The van der Waals surface area contributed by atoms with E-state index in [1.165, 1.54) is 6.07 Å². The lowest BCUT2D eigenvalue weighted by molar-refractivity contribution is -0.116. The van der Waals surface area contributed by atoms with E-state index in [1.54, 1.807) is 17.7 Å². The maximum atomic E-state index is 12.2. The SMILES string of the molecule is Cc1c(O)c(=O)ccn1CCC(=O)Nc1cccc2ccccc12. The molecule has 0 aliphatic carbocycles. The molecule has 1 amide bonds. The summed E-state index contributed by atoms with van der Waals surface area (Å²) in [5.74, 6) is -0.393. The van der Waals surface area contributed by atoms with Crippen LogP contribution in [-0.4, -0.2) is 15.6 Å². The molecule has 3 rings (SSSR count). The first-order chi connectivity index (χ1) is 11.6. The van der Waals surface area contributed by atoms with Crippen LogP contribution < -0.4 is 10.7 Å². The van der Waals surface area contributed by atoms with Crippen LogP contribution in [0.25, 0.3) is 10.8 Å². The number of rotatable bonds is 4. The molecule has 2 N–H and O–H groups in total. The Bertz CT molecular complexity index is 955. The number of aromatic nitrogens is 1. The van der Waals surface area contributed by atoms with Gasteiger partial charge in [0, 0.05) is 36.3 Å². The number of carbonyl (C=O) groups excluding carboxylic acids is 1. The fraction of sp³-hybridized carbons (Fsp3) is 0.158. The number of hydrogen-bond donors (Lipinski definition) is 2. The van der Waals surface area contributed by atoms with Gasteiger partial charge in [0.15, 0.2) is 5.75 Å². The first-order valence-electron chi connectivity index (χ1n) is 7.73. The zero-order chi connectivity index (χ0) is 17.1. The van der Waals surface area contributed by atoms with E-state index in [2.05, 4.69) is 5.32 Å². The average Bonchev–Trinajstić information content (AvgIpc) is 2.59. The van der Waals surface area contributed by atoms with Crippen LogP contribution in [0.4, 0.5) is 5.69 Å². The van der Waals surface area contributed by atoms with E-state index in [9.17, 15) is 14.7 Å². The van der Waals surface area contributed by atoms with E-state index < -0.39 is 5.43 Å². The fourth-order valence-electron chi connectivity index (χ4n) is 2.67. The summed E-state index contributed by atoms with van der Waals surface area (Å²) in [6.07, 6.45) is 1.83. The highest BCUT2D eigenvalue weighted by Crippen LogP contribution is 2.23. The lowest BCUT2D eigenvalue weighted by atomic mass is 10.1. The van der Waals surface area contributed by atoms with Crippen LogP contribution in [0.3, 0.4) is 0 Å². The maximum absolute atomic E-state index is 12.2. The van der Waals surface area contributed by atoms with E-state index in [0.29, 0.717) is 12.2 Å². The number of hydrogen-bond acceptors (Lipinski definition) is 3. The molecule has 0 saturated heterocycles. The molecular weight excluding hydrogens is 304 g/mol. The van der Waals surface area contributed by atoms with Crippen molar-refractivity contribution in [3.63, 3.8) is 0 Å². The molecule has 0 unspecified atom stereocenters. The van der Waals surface area contributed by atoms with Gasteiger partial charge in [-0.2, -0.15) is 0 Å². The Kier molecular flexibility index (Phi) is 4.33. The quantitative estimate of drug-likeness (QED) is 0.775. The van der Waals surface area contributed by atoms with Gasteiger partial charge < -0.3 is 15.0 Å². The van der Waals surface area contributed by atoms with E-state index in [1.807, 2.05) is 42.5 Å². The first kappa shape index (κ1) is 15.8. The molecule has 0 radical (unpaired) electrons. The lowest BCUT2D eigenvalue weighted by Gasteiger charge is -2.12. The Balaban J connectivity index is 1.72. The minimum Gasteiger partial charge on any atom is -0.503 e. The van der Waals surface area contributed by atoms with Gasteiger partial charge in [0.1, 0.15) is 0 Å². The zero-order valence-electron chi connectivity index (χ0n) is 13.3. The summed E-state index contributed by atoms with van der Waals surface area (Å²) in [6.45, 7) is 2.04. The number of anilines is 1. The second-order valence-electron chi connectivity index (χ2n) is 5.63. The van der Waals surface area contributed by atoms with Crippen molar-refractivity contribution in [2.75, 3.05) is 5.32 Å². The Labute approximate surface area is 139 Å². The number of fused-ring (bicyclic) bond motifs is 1. The van der Waals surface area contributed by atoms with Gasteiger partial charge in [-0.25, -0.2) is 0 Å². The largest absolute Gasteiger partial charge is 0.503 e. The van der Waals surface area contributed by atoms with Crippen LogP contribution >= 0.6 is 0 Å². The van der Waals surface area contributed by atoms with Crippen LogP contribution in [0.15, 0.2) is 59.5 Å². The molecule has 0 spiro atoms. The highest BCUT2D eigenvalue weighted by molar-refractivity contribution is 6.02. The molecule has 2 aromatic carbocycles. The van der Waals surface area contributed by atoms with Crippen LogP contribution in [0.1, 0.15) is 12.1 Å². The number of aromatic hydroxyl groups is 1. The second-order valence-corrected chi connectivity index (χ2v) is 5.63. The Hall–Kier alpha value is -3.08. The normalized spacial score (nSPS) is 10.7. The third-order valence-corrected chi connectivity index (χ3v) is 4.06. The maximum Gasteiger partial charge on any atom is 0.226 e. The number of pyridine rings is 1. The van der Waals surface area contributed by atoms with Crippen molar-refractivity contribution in [2.45, 2.75) is 19.9 Å². The number of aryl methyl sites for hydroxylation is 1. The average molecular weight is 322 g/mol. The smallest absolute Gasteiger partial charge is 0.226 e. The van der Waals surface area contributed by atoms with Crippen molar-refractivity contribution < 1.29 is 9.90 Å². The summed E-state index contributed by atoms with van der Waals surface area (Å²) in [4.78, 5) is 23.6.